The van der Waals surface area contributed by atoms with Crippen LogP contribution in [0.25, 0.3) is 5.82 Å². The summed E-state index contributed by atoms with van der Waals surface area (Å²) in [5, 5.41) is 8.13. The SMILES string of the molecule is COC(=O)c1cc(Br)ccc1Nc1cc(C2CC2)nn1-c1ncccc1C. The standard InChI is InChI=1S/C20H19BrN4O2/c1-12-4-3-9-22-19(12)25-18(11-17(24-25)13-5-6-13)23-16-8-7-14(21)10-15(16)20(26)27-2/h3-4,7-11,13,23H,5-6H2,1-2H3. The second-order valence-corrected chi connectivity index (χ2v) is 7.51. The molecule has 1 aliphatic rings. The molecule has 7 heteroatoms. The summed E-state index contributed by atoms with van der Waals surface area (Å²) in [4.78, 5) is 16.7. The Hall–Kier alpha value is -2.67. The molecule has 2 aromatic heterocycles. The van der Waals surface area contributed by atoms with Crippen molar-refractivity contribution in [1.82, 2.24) is 14.8 Å². The van der Waals surface area contributed by atoms with Crippen molar-refractivity contribution in [3.05, 3.63) is 63.9 Å². The topological polar surface area (TPSA) is 69.0 Å². The van der Waals surface area contributed by atoms with Crippen molar-refractivity contribution in [2.24, 2.45) is 0 Å². The highest BCUT2D eigenvalue weighted by molar-refractivity contribution is 9.10. The van der Waals surface area contributed by atoms with Crippen molar-refractivity contribution >= 4 is 33.4 Å². The molecule has 1 aromatic carbocycles. The molecular weight excluding hydrogens is 408 g/mol. The van der Waals surface area contributed by atoms with Crippen LogP contribution in [0.4, 0.5) is 11.5 Å². The third-order valence-electron chi connectivity index (χ3n) is 4.56. The number of methoxy groups -OCH3 is 1. The summed E-state index contributed by atoms with van der Waals surface area (Å²) in [6.07, 6.45) is 4.07. The lowest BCUT2D eigenvalue weighted by Crippen LogP contribution is -2.09. The van der Waals surface area contributed by atoms with Gasteiger partial charge >= 0.3 is 5.97 Å². The lowest BCUT2D eigenvalue weighted by atomic mass is 10.2. The Labute approximate surface area is 165 Å². The average molecular weight is 427 g/mol. The summed E-state index contributed by atoms with van der Waals surface area (Å²) in [5.74, 6) is 1.64. The first-order valence-electron chi connectivity index (χ1n) is 8.73. The molecule has 0 bridgehead atoms. The van der Waals surface area contributed by atoms with Gasteiger partial charge in [-0.25, -0.2) is 9.78 Å². The van der Waals surface area contributed by atoms with Gasteiger partial charge in [-0.05, 0) is 49.6 Å². The number of rotatable bonds is 5. The van der Waals surface area contributed by atoms with Crippen LogP contribution in [0.15, 0.2) is 47.1 Å². The molecule has 27 heavy (non-hydrogen) atoms. The highest BCUT2D eigenvalue weighted by Crippen LogP contribution is 2.41. The number of carbonyl (C=O) groups excluding carboxylic acids is 1. The van der Waals surface area contributed by atoms with Gasteiger partial charge in [-0.3, -0.25) is 0 Å². The quantitative estimate of drug-likeness (QED) is 0.596. The van der Waals surface area contributed by atoms with Crippen LogP contribution in [0.5, 0.6) is 0 Å². The molecule has 2 heterocycles. The van der Waals surface area contributed by atoms with E-state index in [-0.39, 0.29) is 0 Å². The number of hydrogen-bond donors (Lipinski definition) is 1. The largest absolute Gasteiger partial charge is 0.465 e. The predicted molar refractivity (Wildman–Crippen MR) is 107 cm³/mol. The van der Waals surface area contributed by atoms with Gasteiger partial charge in [-0.15, -0.1) is 0 Å². The zero-order valence-electron chi connectivity index (χ0n) is 15.1. The van der Waals surface area contributed by atoms with Crippen LogP contribution in [-0.2, 0) is 4.74 Å². The minimum absolute atomic E-state index is 0.402. The Morgan fingerprint density at radius 3 is 2.81 bits per heavy atom. The van der Waals surface area contributed by atoms with E-state index < -0.39 is 5.97 Å². The molecule has 0 saturated heterocycles. The third kappa shape index (κ3) is 3.60. The molecule has 1 fully saturated rings. The van der Waals surface area contributed by atoms with Crippen LogP contribution in [0.3, 0.4) is 0 Å². The van der Waals surface area contributed by atoms with Gasteiger partial charge < -0.3 is 10.1 Å². The van der Waals surface area contributed by atoms with E-state index in [1.165, 1.54) is 7.11 Å². The molecule has 1 N–H and O–H groups in total. The molecule has 0 unspecified atom stereocenters. The number of esters is 1. The lowest BCUT2D eigenvalue weighted by molar-refractivity contribution is 0.0602. The van der Waals surface area contributed by atoms with Crippen molar-refractivity contribution in [1.29, 1.82) is 0 Å². The fourth-order valence-electron chi connectivity index (χ4n) is 2.97. The van der Waals surface area contributed by atoms with Gasteiger partial charge in [0.25, 0.3) is 0 Å². The maximum absolute atomic E-state index is 12.2. The smallest absolute Gasteiger partial charge is 0.340 e. The van der Waals surface area contributed by atoms with Crippen molar-refractivity contribution in [2.75, 3.05) is 12.4 Å². The average Bonchev–Trinajstić information content (AvgIpc) is 3.44. The van der Waals surface area contributed by atoms with Crippen LogP contribution >= 0.6 is 15.9 Å². The number of pyridine rings is 1. The van der Waals surface area contributed by atoms with Gasteiger partial charge in [0.15, 0.2) is 5.82 Å². The maximum Gasteiger partial charge on any atom is 0.340 e. The molecule has 0 atom stereocenters. The van der Waals surface area contributed by atoms with E-state index in [9.17, 15) is 4.79 Å². The molecule has 0 amide bonds. The molecule has 4 rings (SSSR count). The highest BCUT2D eigenvalue weighted by atomic mass is 79.9. The summed E-state index contributed by atoms with van der Waals surface area (Å²) in [5.41, 5.74) is 3.17. The van der Waals surface area contributed by atoms with E-state index in [1.54, 1.807) is 12.3 Å². The Kier molecular flexibility index (Phi) is 4.70. The number of hydrogen-bond acceptors (Lipinski definition) is 5. The molecule has 0 aliphatic heterocycles. The fourth-order valence-corrected chi connectivity index (χ4v) is 3.33. The number of nitrogens with zero attached hydrogens (tertiary/aromatic N) is 3. The second kappa shape index (κ2) is 7.15. The van der Waals surface area contributed by atoms with Crippen LogP contribution in [0.2, 0.25) is 0 Å². The summed E-state index contributed by atoms with van der Waals surface area (Å²) in [6, 6.07) is 11.4. The molecule has 0 radical (unpaired) electrons. The first-order chi connectivity index (χ1) is 13.1. The summed E-state index contributed by atoms with van der Waals surface area (Å²) >= 11 is 3.41. The van der Waals surface area contributed by atoms with E-state index >= 15 is 0 Å². The van der Waals surface area contributed by atoms with E-state index in [4.69, 9.17) is 9.84 Å². The number of halogens is 1. The molecular formula is C20H19BrN4O2. The Bertz CT molecular complexity index is 1010. The molecule has 1 aliphatic carbocycles. The zero-order chi connectivity index (χ0) is 19.0. The maximum atomic E-state index is 12.2. The van der Waals surface area contributed by atoms with Gasteiger partial charge in [0.1, 0.15) is 5.82 Å². The first kappa shape index (κ1) is 17.7. The Morgan fingerprint density at radius 1 is 1.30 bits per heavy atom. The minimum atomic E-state index is -0.402. The Balaban J connectivity index is 1.79. The van der Waals surface area contributed by atoms with Gasteiger partial charge in [-0.2, -0.15) is 9.78 Å². The number of anilines is 2. The fraction of sp³-hybridized carbons (Fsp3) is 0.250. The summed E-state index contributed by atoms with van der Waals surface area (Å²) in [6.45, 7) is 2.00. The van der Waals surface area contributed by atoms with E-state index in [0.29, 0.717) is 17.2 Å². The number of benzene rings is 1. The van der Waals surface area contributed by atoms with Crippen LogP contribution < -0.4 is 5.32 Å². The number of ether oxygens (including phenoxy) is 1. The van der Waals surface area contributed by atoms with E-state index in [0.717, 1.165) is 40.2 Å². The molecule has 3 aromatic rings. The van der Waals surface area contributed by atoms with Crippen molar-refractivity contribution in [2.45, 2.75) is 25.7 Å². The van der Waals surface area contributed by atoms with Gasteiger partial charge in [0, 0.05) is 22.7 Å². The van der Waals surface area contributed by atoms with Crippen LogP contribution in [-0.4, -0.2) is 27.8 Å². The number of carbonyl (C=O) groups is 1. The first-order valence-corrected chi connectivity index (χ1v) is 9.53. The summed E-state index contributed by atoms with van der Waals surface area (Å²) < 4.78 is 7.54. The highest BCUT2D eigenvalue weighted by Gasteiger charge is 2.28. The van der Waals surface area contributed by atoms with Crippen molar-refractivity contribution < 1.29 is 9.53 Å². The van der Waals surface area contributed by atoms with Crippen LogP contribution in [0, 0.1) is 6.92 Å². The third-order valence-corrected chi connectivity index (χ3v) is 5.05. The van der Waals surface area contributed by atoms with Crippen molar-refractivity contribution in [3.63, 3.8) is 0 Å². The number of aryl methyl sites for hydroxylation is 1. The van der Waals surface area contributed by atoms with Crippen LogP contribution in [0.1, 0.15) is 40.4 Å². The van der Waals surface area contributed by atoms with Crippen molar-refractivity contribution in [3.8, 4) is 5.82 Å². The van der Waals surface area contributed by atoms with E-state index in [1.807, 2.05) is 41.9 Å². The second-order valence-electron chi connectivity index (χ2n) is 6.59. The molecule has 0 spiro atoms. The monoisotopic (exact) mass is 426 g/mol. The molecule has 1 saturated carbocycles. The lowest BCUT2D eigenvalue weighted by Gasteiger charge is -2.13. The number of nitrogens with one attached hydrogen (secondary N) is 1. The Morgan fingerprint density at radius 2 is 2.11 bits per heavy atom. The van der Waals surface area contributed by atoms with Gasteiger partial charge in [0.05, 0.1) is 24.1 Å². The zero-order valence-corrected chi connectivity index (χ0v) is 16.7. The van der Waals surface area contributed by atoms with Gasteiger partial charge in [-0.1, -0.05) is 22.0 Å². The van der Waals surface area contributed by atoms with Gasteiger partial charge in [0.2, 0.25) is 0 Å². The van der Waals surface area contributed by atoms with E-state index in [2.05, 4.69) is 26.2 Å². The summed E-state index contributed by atoms with van der Waals surface area (Å²) in [7, 11) is 1.37. The molecule has 138 valence electrons. The molecule has 6 nitrogen and oxygen atoms in total. The normalized spacial score (nSPS) is 13.4. The minimum Gasteiger partial charge on any atom is -0.465 e. The predicted octanol–water partition coefficient (Wildman–Crippen LogP) is 4.75. The number of aromatic nitrogens is 3.